The van der Waals surface area contributed by atoms with Gasteiger partial charge in [-0.1, -0.05) is 0 Å². The molecule has 1 N–H and O–H groups in total. The third-order valence-corrected chi connectivity index (χ3v) is 1.84. The van der Waals surface area contributed by atoms with E-state index in [-0.39, 0.29) is 5.82 Å². The molecule has 0 saturated heterocycles. The van der Waals surface area contributed by atoms with E-state index in [4.69, 9.17) is 4.74 Å². The van der Waals surface area contributed by atoms with Crippen molar-refractivity contribution in [1.29, 1.82) is 0 Å². The predicted molar refractivity (Wildman–Crippen MR) is 49.3 cm³/mol. The number of rotatable bonds is 3. The summed E-state index contributed by atoms with van der Waals surface area (Å²) in [5, 5.41) is 0. The van der Waals surface area contributed by atoms with E-state index < -0.39 is 10.0 Å². The van der Waals surface area contributed by atoms with Crippen LogP contribution >= 0.6 is 0 Å². The van der Waals surface area contributed by atoms with Gasteiger partial charge in [-0.05, 0) is 12.1 Å². The van der Waals surface area contributed by atoms with Crippen molar-refractivity contribution in [1.82, 2.24) is 4.98 Å². The summed E-state index contributed by atoms with van der Waals surface area (Å²) in [5.41, 5.74) is 0. The highest BCUT2D eigenvalue weighted by atomic mass is 32.2. The number of nitrogens with one attached hydrogen (secondary N) is 1. The minimum atomic E-state index is -3.30. The number of sulfonamides is 1. The molecule has 0 saturated carbocycles. The molecule has 0 aromatic carbocycles. The number of nitrogens with zero attached hydrogens (tertiary/aromatic N) is 1. The van der Waals surface area contributed by atoms with Crippen LogP contribution in [0.15, 0.2) is 18.3 Å². The van der Waals surface area contributed by atoms with Gasteiger partial charge in [0.15, 0.2) is 11.6 Å². The van der Waals surface area contributed by atoms with Crippen LogP contribution in [0.5, 0.6) is 5.75 Å². The average Bonchev–Trinajstić information content (AvgIpc) is 2.02. The molecule has 0 unspecified atom stereocenters. The highest BCUT2D eigenvalue weighted by Gasteiger charge is 2.07. The van der Waals surface area contributed by atoms with E-state index in [1.165, 1.54) is 13.3 Å². The topological polar surface area (TPSA) is 68.3 Å². The quantitative estimate of drug-likeness (QED) is 0.773. The van der Waals surface area contributed by atoms with E-state index in [9.17, 15) is 8.42 Å². The summed E-state index contributed by atoms with van der Waals surface area (Å²) in [7, 11) is -1.85. The maximum absolute atomic E-state index is 10.9. The SMILES string of the molecule is COc1cccnc1NS(C)(=O)=O. The summed E-state index contributed by atoms with van der Waals surface area (Å²) in [4.78, 5) is 3.82. The number of aromatic nitrogens is 1. The highest BCUT2D eigenvalue weighted by Crippen LogP contribution is 2.20. The van der Waals surface area contributed by atoms with Gasteiger partial charge in [-0.25, -0.2) is 13.4 Å². The Morgan fingerprint density at radius 3 is 2.77 bits per heavy atom. The fourth-order valence-corrected chi connectivity index (χ4v) is 1.31. The Hall–Kier alpha value is -1.30. The van der Waals surface area contributed by atoms with E-state index in [2.05, 4.69) is 9.71 Å². The molecule has 13 heavy (non-hydrogen) atoms. The standard InChI is InChI=1S/C7H10N2O3S/c1-12-6-4-3-5-8-7(6)9-13(2,10)11/h3-5H,1-2H3,(H,8,9). The molecule has 0 aliphatic carbocycles. The minimum Gasteiger partial charge on any atom is -0.493 e. The predicted octanol–water partition coefficient (Wildman–Crippen LogP) is 0.462. The molecule has 1 heterocycles. The smallest absolute Gasteiger partial charge is 0.231 e. The van der Waals surface area contributed by atoms with Crippen LogP contribution in [-0.2, 0) is 10.0 Å². The lowest BCUT2D eigenvalue weighted by atomic mass is 10.4. The van der Waals surface area contributed by atoms with Gasteiger partial charge in [0.25, 0.3) is 0 Å². The van der Waals surface area contributed by atoms with Crippen molar-refractivity contribution in [2.24, 2.45) is 0 Å². The first-order chi connectivity index (χ1) is 6.03. The zero-order valence-electron chi connectivity index (χ0n) is 7.31. The molecule has 0 bridgehead atoms. The first kappa shape index (κ1) is 9.79. The zero-order chi connectivity index (χ0) is 9.90. The molecule has 5 nitrogen and oxygen atoms in total. The second kappa shape index (κ2) is 3.61. The molecular formula is C7H10N2O3S. The van der Waals surface area contributed by atoms with Gasteiger partial charge >= 0.3 is 0 Å². The van der Waals surface area contributed by atoms with E-state index in [0.717, 1.165) is 6.26 Å². The van der Waals surface area contributed by atoms with Crippen molar-refractivity contribution in [2.45, 2.75) is 0 Å². The first-order valence-corrected chi connectivity index (χ1v) is 5.39. The van der Waals surface area contributed by atoms with Gasteiger partial charge in [0, 0.05) is 6.20 Å². The van der Waals surface area contributed by atoms with Crippen LogP contribution in [0.4, 0.5) is 5.82 Å². The Morgan fingerprint density at radius 1 is 1.54 bits per heavy atom. The minimum absolute atomic E-state index is 0.201. The highest BCUT2D eigenvalue weighted by molar-refractivity contribution is 7.92. The second-order valence-electron chi connectivity index (χ2n) is 2.43. The van der Waals surface area contributed by atoms with Crippen molar-refractivity contribution in [2.75, 3.05) is 18.1 Å². The Bertz CT molecular complexity index is 388. The molecule has 72 valence electrons. The summed E-state index contributed by atoms with van der Waals surface area (Å²) in [5.74, 6) is 0.598. The molecule has 1 aromatic heterocycles. The van der Waals surface area contributed by atoms with Gasteiger partial charge in [0.1, 0.15) is 0 Å². The number of pyridine rings is 1. The lowest BCUT2D eigenvalue weighted by Crippen LogP contribution is -2.11. The number of anilines is 1. The molecule has 6 heteroatoms. The van der Waals surface area contributed by atoms with Crippen molar-refractivity contribution >= 4 is 15.8 Å². The molecular weight excluding hydrogens is 192 g/mol. The van der Waals surface area contributed by atoms with Crippen molar-refractivity contribution in [3.8, 4) is 5.75 Å². The molecule has 1 aromatic rings. The number of hydrogen-bond acceptors (Lipinski definition) is 4. The molecule has 1 rings (SSSR count). The third kappa shape index (κ3) is 2.90. The van der Waals surface area contributed by atoms with Gasteiger partial charge < -0.3 is 4.74 Å². The molecule has 0 amide bonds. The normalized spacial score (nSPS) is 10.9. The van der Waals surface area contributed by atoms with Crippen LogP contribution in [0.2, 0.25) is 0 Å². The molecule has 0 radical (unpaired) electrons. The van der Waals surface area contributed by atoms with Crippen LogP contribution < -0.4 is 9.46 Å². The Morgan fingerprint density at radius 2 is 2.23 bits per heavy atom. The van der Waals surface area contributed by atoms with Crippen molar-refractivity contribution < 1.29 is 13.2 Å². The van der Waals surface area contributed by atoms with E-state index >= 15 is 0 Å². The van der Waals surface area contributed by atoms with Gasteiger partial charge in [-0.2, -0.15) is 0 Å². The van der Waals surface area contributed by atoms with E-state index in [0.29, 0.717) is 5.75 Å². The van der Waals surface area contributed by atoms with Gasteiger partial charge in [0.05, 0.1) is 13.4 Å². The maximum Gasteiger partial charge on any atom is 0.231 e. The fourth-order valence-electron chi connectivity index (χ4n) is 0.808. The summed E-state index contributed by atoms with van der Waals surface area (Å²) >= 11 is 0. The van der Waals surface area contributed by atoms with Crippen LogP contribution in [0.3, 0.4) is 0 Å². The Labute approximate surface area is 76.8 Å². The van der Waals surface area contributed by atoms with Gasteiger partial charge in [-0.3, -0.25) is 4.72 Å². The summed E-state index contributed by atoms with van der Waals surface area (Å²) in [6.45, 7) is 0. The lowest BCUT2D eigenvalue weighted by Gasteiger charge is -2.06. The van der Waals surface area contributed by atoms with Gasteiger partial charge in [-0.15, -0.1) is 0 Å². The number of hydrogen-bond donors (Lipinski definition) is 1. The Kier molecular flexibility index (Phi) is 2.72. The fraction of sp³-hybridized carbons (Fsp3) is 0.286. The molecule has 0 fully saturated rings. The number of ether oxygens (including phenoxy) is 1. The summed E-state index contributed by atoms with van der Waals surface area (Å²) < 4.78 is 28.9. The van der Waals surface area contributed by atoms with Crippen molar-refractivity contribution in [3.63, 3.8) is 0 Å². The van der Waals surface area contributed by atoms with Crippen LogP contribution in [-0.4, -0.2) is 26.8 Å². The van der Waals surface area contributed by atoms with Crippen LogP contribution in [0.1, 0.15) is 0 Å². The second-order valence-corrected chi connectivity index (χ2v) is 4.18. The molecule has 0 aliphatic rings. The monoisotopic (exact) mass is 202 g/mol. The van der Waals surface area contributed by atoms with Crippen LogP contribution in [0.25, 0.3) is 0 Å². The van der Waals surface area contributed by atoms with Crippen LogP contribution in [0, 0.1) is 0 Å². The van der Waals surface area contributed by atoms with Crippen molar-refractivity contribution in [3.05, 3.63) is 18.3 Å². The molecule has 0 aliphatic heterocycles. The maximum atomic E-state index is 10.9. The Balaban J connectivity index is 3.01. The van der Waals surface area contributed by atoms with Gasteiger partial charge in [0.2, 0.25) is 10.0 Å². The third-order valence-electron chi connectivity index (χ3n) is 1.27. The molecule has 0 spiro atoms. The molecule has 0 atom stereocenters. The average molecular weight is 202 g/mol. The first-order valence-electron chi connectivity index (χ1n) is 3.50. The largest absolute Gasteiger partial charge is 0.493 e. The lowest BCUT2D eigenvalue weighted by molar-refractivity contribution is 0.415. The number of methoxy groups -OCH3 is 1. The zero-order valence-corrected chi connectivity index (χ0v) is 8.13. The van der Waals surface area contributed by atoms with E-state index in [1.807, 2.05) is 0 Å². The van der Waals surface area contributed by atoms with E-state index in [1.54, 1.807) is 12.1 Å². The summed E-state index contributed by atoms with van der Waals surface area (Å²) in [6, 6.07) is 3.28. The summed E-state index contributed by atoms with van der Waals surface area (Å²) in [6.07, 6.45) is 2.54.